The van der Waals surface area contributed by atoms with Crippen LogP contribution in [-0.2, 0) is 4.79 Å². The van der Waals surface area contributed by atoms with Gasteiger partial charge in [-0.15, -0.1) is 0 Å². The number of aromatic carboxylic acids is 1. The highest BCUT2D eigenvalue weighted by Gasteiger charge is 2.32. The van der Waals surface area contributed by atoms with Crippen molar-refractivity contribution in [1.82, 2.24) is 4.90 Å². The first-order chi connectivity index (χ1) is 12.4. The zero-order valence-corrected chi connectivity index (χ0v) is 16.5. The molecule has 132 valence electrons. The van der Waals surface area contributed by atoms with E-state index in [1.54, 1.807) is 19.2 Å². The highest BCUT2D eigenvalue weighted by Crippen LogP contribution is 2.37. The fourth-order valence-corrected chi connectivity index (χ4v) is 3.74. The average Bonchev–Trinajstić information content (AvgIpc) is 2.90. The largest absolute Gasteiger partial charge is 0.478 e. The summed E-state index contributed by atoms with van der Waals surface area (Å²) >= 11 is 4.69. The molecular weight excluding hydrogens is 416 g/mol. The average molecular weight is 431 g/mol. The van der Waals surface area contributed by atoms with Crippen molar-refractivity contribution in [1.29, 1.82) is 0 Å². The first-order valence-corrected chi connectivity index (χ1v) is 9.32. The van der Waals surface area contributed by atoms with E-state index in [2.05, 4.69) is 20.9 Å². The summed E-state index contributed by atoms with van der Waals surface area (Å²) in [5.74, 6) is -1.13. The van der Waals surface area contributed by atoms with E-state index in [4.69, 9.17) is 5.11 Å². The zero-order chi connectivity index (χ0) is 18.8. The van der Waals surface area contributed by atoms with Gasteiger partial charge in [0.05, 0.1) is 16.2 Å². The second-order valence-electron chi connectivity index (χ2n) is 5.68. The van der Waals surface area contributed by atoms with Crippen LogP contribution in [0.3, 0.4) is 0 Å². The Hall–Kier alpha value is -2.38. The first kappa shape index (κ1) is 18.4. The molecule has 1 saturated heterocycles. The van der Waals surface area contributed by atoms with E-state index >= 15 is 0 Å². The highest BCUT2D eigenvalue weighted by molar-refractivity contribution is 9.10. The quantitative estimate of drug-likeness (QED) is 0.711. The van der Waals surface area contributed by atoms with Crippen LogP contribution in [0.4, 0.5) is 5.69 Å². The van der Waals surface area contributed by atoms with Gasteiger partial charge in [-0.3, -0.25) is 9.69 Å². The Labute approximate surface area is 163 Å². The lowest BCUT2D eigenvalue weighted by Crippen LogP contribution is -2.23. The molecule has 1 heterocycles. The molecule has 1 fully saturated rings. The van der Waals surface area contributed by atoms with Crippen LogP contribution in [0.25, 0.3) is 5.57 Å². The Kier molecular flexibility index (Phi) is 5.29. The third-order valence-corrected chi connectivity index (χ3v) is 5.68. The topological polar surface area (TPSA) is 70.0 Å². The Bertz CT molecular complexity index is 952. The molecule has 3 rings (SSSR count). The molecular formula is C19H15BrN2O3S. The number of allylic oxidation sites excluding steroid dienone is 1. The van der Waals surface area contributed by atoms with Gasteiger partial charge in [-0.05, 0) is 60.2 Å². The number of amidine groups is 1. The molecule has 0 atom stereocenters. The van der Waals surface area contributed by atoms with E-state index < -0.39 is 5.97 Å². The van der Waals surface area contributed by atoms with Crippen molar-refractivity contribution in [2.75, 3.05) is 7.05 Å². The molecule has 5 nitrogen and oxygen atoms in total. The van der Waals surface area contributed by atoms with Crippen molar-refractivity contribution in [3.8, 4) is 0 Å². The number of aliphatic imine (C=N–C) groups is 1. The monoisotopic (exact) mass is 430 g/mol. The SMILES string of the molecule is C/C(=C1/SC(=Nc2cccc(C(=O)O)c2)N(C)C1=O)c1ccc(Br)cc1. The summed E-state index contributed by atoms with van der Waals surface area (Å²) in [4.78, 5) is 30.3. The van der Waals surface area contributed by atoms with Gasteiger partial charge in [0.1, 0.15) is 0 Å². The number of carboxylic acids is 1. The van der Waals surface area contributed by atoms with Crippen molar-refractivity contribution < 1.29 is 14.7 Å². The first-order valence-electron chi connectivity index (χ1n) is 7.71. The van der Waals surface area contributed by atoms with Crippen LogP contribution in [0.5, 0.6) is 0 Å². The van der Waals surface area contributed by atoms with Crippen LogP contribution in [0.15, 0.2) is 62.9 Å². The maximum atomic E-state index is 12.6. The minimum Gasteiger partial charge on any atom is -0.478 e. The summed E-state index contributed by atoms with van der Waals surface area (Å²) < 4.78 is 0.974. The number of rotatable bonds is 3. The number of hydrogen-bond donors (Lipinski definition) is 1. The Morgan fingerprint density at radius 2 is 1.85 bits per heavy atom. The van der Waals surface area contributed by atoms with Gasteiger partial charge in [-0.25, -0.2) is 9.79 Å². The number of hydrogen-bond acceptors (Lipinski definition) is 4. The van der Waals surface area contributed by atoms with Crippen molar-refractivity contribution in [2.24, 2.45) is 4.99 Å². The molecule has 26 heavy (non-hydrogen) atoms. The number of carboxylic acid groups (broad SMARTS) is 1. The number of amides is 1. The molecule has 1 aliphatic rings. The molecule has 1 amide bonds. The number of halogens is 1. The van der Waals surface area contributed by atoms with Crippen LogP contribution < -0.4 is 0 Å². The van der Waals surface area contributed by atoms with Gasteiger partial charge in [0, 0.05) is 11.5 Å². The molecule has 1 N–H and O–H groups in total. The van der Waals surface area contributed by atoms with Crippen LogP contribution >= 0.6 is 27.7 Å². The molecule has 0 bridgehead atoms. The summed E-state index contributed by atoms with van der Waals surface area (Å²) in [6.45, 7) is 1.91. The molecule has 7 heteroatoms. The van der Waals surface area contributed by atoms with Crippen LogP contribution in [-0.4, -0.2) is 34.1 Å². The molecule has 0 aliphatic carbocycles. The van der Waals surface area contributed by atoms with E-state index in [-0.39, 0.29) is 11.5 Å². The molecule has 2 aromatic carbocycles. The number of likely N-dealkylation sites (N-methyl/N-ethyl adjacent to an activating group) is 1. The summed E-state index contributed by atoms with van der Waals surface area (Å²) in [5, 5.41) is 9.61. The Balaban J connectivity index is 1.96. The number of nitrogens with zero attached hydrogens (tertiary/aromatic N) is 2. The van der Waals surface area contributed by atoms with Gasteiger partial charge in [0.2, 0.25) is 0 Å². The molecule has 0 unspecified atom stereocenters. The summed E-state index contributed by atoms with van der Waals surface area (Å²) in [5.41, 5.74) is 2.50. The lowest BCUT2D eigenvalue weighted by atomic mass is 10.1. The standard InChI is InChI=1S/C19H15BrN2O3S/c1-11(12-6-8-14(20)9-7-12)16-17(23)22(2)19(26-16)21-15-5-3-4-13(10-15)18(24)25/h3-10H,1-2H3,(H,24,25)/b16-11-,21-19?. The Morgan fingerprint density at radius 1 is 1.15 bits per heavy atom. The summed E-state index contributed by atoms with van der Waals surface area (Å²) in [6, 6.07) is 14.1. The second kappa shape index (κ2) is 7.47. The van der Waals surface area contributed by atoms with Crippen LogP contribution in [0.1, 0.15) is 22.8 Å². The highest BCUT2D eigenvalue weighted by atomic mass is 79.9. The van der Waals surface area contributed by atoms with Crippen molar-refractivity contribution in [3.63, 3.8) is 0 Å². The predicted molar refractivity (Wildman–Crippen MR) is 108 cm³/mol. The van der Waals surface area contributed by atoms with Gasteiger partial charge in [-0.1, -0.05) is 34.1 Å². The second-order valence-corrected chi connectivity index (χ2v) is 7.57. The maximum Gasteiger partial charge on any atom is 0.335 e. The number of thioether (sulfide) groups is 1. The minimum atomic E-state index is -1.01. The fraction of sp³-hybridized carbons (Fsp3) is 0.105. The normalized spacial score (nSPS) is 17.7. The van der Waals surface area contributed by atoms with Crippen molar-refractivity contribution in [3.05, 3.63) is 69.0 Å². The van der Waals surface area contributed by atoms with E-state index in [1.807, 2.05) is 31.2 Å². The molecule has 0 radical (unpaired) electrons. The maximum absolute atomic E-state index is 12.6. The lowest BCUT2D eigenvalue weighted by Gasteiger charge is -2.07. The Morgan fingerprint density at radius 3 is 2.50 bits per heavy atom. The molecule has 2 aromatic rings. The molecule has 1 aliphatic heterocycles. The zero-order valence-electron chi connectivity index (χ0n) is 14.1. The minimum absolute atomic E-state index is 0.122. The van der Waals surface area contributed by atoms with E-state index in [0.717, 1.165) is 15.6 Å². The summed E-state index contributed by atoms with van der Waals surface area (Å²) in [6.07, 6.45) is 0. The third-order valence-electron chi connectivity index (χ3n) is 3.91. The predicted octanol–water partition coefficient (Wildman–Crippen LogP) is 4.77. The molecule has 0 saturated carbocycles. The fourth-order valence-electron chi connectivity index (χ4n) is 2.43. The van der Waals surface area contributed by atoms with Crippen LogP contribution in [0, 0.1) is 0 Å². The smallest absolute Gasteiger partial charge is 0.335 e. The third kappa shape index (κ3) is 3.73. The molecule has 0 spiro atoms. The van der Waals surface area contributed by atoms with Gasteiger partial charge in [0.25, 0.3) is 5.91 Å². The number of benzene rings is 2. The van der Waals surface area contributed by atoms with E-state index in [1.165, 1.54) is 28.8 Å². The van der Waals surface area contributed by atoms with Crippen LogP contribution in [0.2, 0.25) is 0 Å². The van der Waals surface area contributed by atoms with E-state index in [9.17, 15) is 9.59 Å². The van der Waals surface area contributed by atoms with Gasteiger partial charge >= 0.3 is 5.97 Å². The van der Waals surface area contributed by atoms with Gasteiger partial charge in [-0.2, -0.15) is 0 Å². The van der Waals surface area contributed by atoms with Gasteiger partial charge < -0.3 is 5.11 Å². The summed E-state index contributed by atoms with van der Waals surface area (Å²) in [7, 11) is 1.66. The van der Waals surface area contributed by atoms with Crippen molar-refractivity contribution >= 4 is 56.0 Å². The van der Waals surface area contributed by atoms with Gasteiger partial charge in [0.15, 0.2) is 5.17 Å². The number of carbonyl (C=O) groups excluding carboxylic acids is 1. The molecule has 0 aromatic heterocycles. The number of carbonyl (C=O) groups is 2. The van der Waals surface area contributed by atoms with Crippen molar-refractivity contribution in [2.45, 2.75) is 6.92 Å². The lowest BCUT2D eigenvalue weighted by molar-refractivity contribution is -0.121. The van der Waals surface area contributed by atoms with E-state index in [0.29, 0.717) is 15.8 Å².